The Labute approximate surface area is 99.9 Å². The fourth-order valence-electron chi connectivity index (χ4n) is 2.46. The first kappa shape index (κ1) is 14.0. The van der Waals surface area contributed by atoms with Crippen LogP contribution in [-0.2, 0) is 9.84 Å². The lowest BCUT2D eigenvalue weighted by atomic mass is 10.2. The molecule has 16 heavy (non-hydrogen) atoms. The minimum Gasteiger partial charge on any atom is -0.314 e. The van der Waals surface area contributed by atoms with Gasteiger partial charge >= 0.3 is 0 Å². The molecule has 0 saturated heterocycles. The number of sulfone groups is 1. The van der Waals surface area contributed by atoms with Gasteiger partial charge in [0.15, 0.2) is 9.84 Å². The summed E-state index contributed by atoms with van der Waals surface area (Å²) in [7, 11) is -2.82. The average molecular weight is 247 g/mol. The Hall–Kier alpha value is -0.0900. The first-order valence-corrected chi connectivity index (χ1v) is 8.26. The second-order valence-electron chi connectivity index (χ2n) is 4.76. The molecular formula is C12H25NO2S. The molecule has 2 atom stereocenters. The normalized spacial score (nSPS) is 26.1. The zero-order chi connectivity index (χ0) is 12.0. The zero-order valence-electron chi connectivity index (χ0n) is 10.5. The maximum absolute atomic E-state index is 12.0. The highest BCUT2D eigenvalue weighted by atomic mass is 32.2. The summed E-state index contributed by atoms with van der Waals surface area (Å²) in [4.78, 5) is 0. The Morgan fingerprint density at radius 2 is 1.94 bits per heavy atom. The van der Waals surface area contributed by atoms with Gasteiger partial charge in [0.05, 0.1) is 11.0 Å². The van der Waals surface area contributed by atoms with Crippen LogP contribution in [-0.4, -0.2) is 32.0 Å². The molecule has 0 radical (unpaired) electrons. The third-order valence-electron chi connectivity index (χ3n) is 3.42. The molecule has 0 aromatic rings. The van der Waals surface area contributed by atoms with Crippen molar-refractivity contribution in [2.75, 3.05) is 12.3 Å². The van der Waals surface area contributed by atoms with Crippen molar-refractivity contribution in [3.8, 4) is 0 Å². The third-order valence-corrected chi connectivity index (χ3v) is 5.72. The maximum Gasteiger partial charge on any atom is 0.153 e. The molecule has 0 aromatic heterocycles. The van der Waals surface area contributed by atoms with Crippen molar-refractivity contribution < 1.29 is 8.42 Å². The van der Waals surface area contributed by atoms with Crippen LogP contribution in [0, 0.1) is 0 Å². The molecule has 0 amide bonds. The molecule has 1 rings (SSSR count). The highest BCUT2D eigenvalue weighted by molar-refractivity contribution is 7.92. The molecule has 1 fully saturated rings. The van der Waals surface area contributed by atoms with E-state index in [4.69, 9.17) is 0 Å². The van der Waals surface area contributed by atoms with Gasteiger partial charge in [-0.2, -0.15) is 0 Å². The molecule has 1 saturated carbocycles. The van der Waals surface area contributed by atoms with Gasteiger partial charge in [-0.05, 0) is 32.2 Å². The van der Waals surface area contributed by atoms with Crippen molar-refractivity contribution in [2.24, 2.45) is 0 Å². The van der Waals surface area contributed by atoms with Crippen LogP contribution in [0.3, 0.4) is 0 Å². The van der Waals surface area contributed by atoms with Gasteiger partial charge in [-0.15, -0.1) is 0 Å². The molecular weight excluding hydrogens is 222 g/mol. The summed E-state index contributed by atoms with van der Waals surface area (Å²) in [6.07, 6.45) is 5.64. The third kappa shape index (κ3) is 4.06. The van der Waals surface area contributed by atoms with Crippen molar-refractivity contribution in [3.05, 3.63) is 0 Å². The van der Waals surface area contributed by atoms with Gasteiger partial charge in [0, 0.05) is 6.04 Å². The monoisotopic (exact) mass is 247 g/mol. The Bertz CT molecular complexity index is 287. The van der Waals surface area contributed by atoms with Crippen LogP contribution in [0.5, 0.6) is 0 Å². The maximum atomic E-state index is 12.0. The van der Waals surface area contributed by atoms with Crippen molar-refractivity contribution in [1.29, 1.82) is 0 Å². The average Bonchev–Trinajstić information content (AvgIpc) is 2.68. The van der Waals surface area contributed by atoms with E-state index in [9.17, 15) is 8.42 Å². The minimum atomic E-state index is -2.82. The summed E-state index contributed by atoms with van der Waals surface area (Å²) in [5.41, 5.74) is 0. The Morgan fingerprint density at radius 1 is 1.19 bits per heavy atom. The van der Waals surface area contributed by atoms with Crippen LogP contribution >= 0.6 is 0 Å². The molecule has 1 aliphatic rings. The Morgan fingerprint density at radius 3 is 2.56 bits per heavy atom. The van der Waals surface area contributed by atoms with E-state index in [1.54, 1.807) is 0 Å². The van der Waals surface area contributed by atoms with Crippen molar-refractivity contribution in [1.82, 2.24) is 5.32 Å². The van der Waals surface area contributed by atoms with Crippen LogP contribution in [0.25, 0.3) is 0 Å². The molecule has 0 spiro atoms. The van der Waals surface area contributed by atoms with Crippen LogP contribution < -0.4 is 5.32 Å². The standard InChI is InChI=1S/C12H25NO2S/c1-3-5-6-9-16(14,15)12-8-7-11(10-12)13-4-2/h11-13H,3-10H2,1-2H3. The van der Waals surface area contributed by atoms with E-state index in [0.717, 1.165) is 45.1 Å². The zero-order valence-corrected chi connectivity index (χ0v) is 11.4. The van der Waals surface area contributed by atoms with Gasteiger partial charge in [-0.3, -0.25) is 0 Å². The Balaban J connectivity index is 2.39. The Kier molecular flexibility index (Phi) is 5.76. The first-order valence-electron chi connectivity index (χ1n) is 6.55. The lowest BCUT2D eigenvalue weighted by Gasteiger charge is -2.12. The number of hydrogen-bond acceptors (Lipinski definition) is 3. The molecule has 0 aliphatic heterocycles. The predicted molar refractivity (Wildman–Crippen MR) is 68.4 cm³/mol. The summed E-state index contributed by atoms with van der Waals surface area (Å²) in [6.45, 7) is 5.11. The van der Waals surface area contributed by atoms with Gasteiger partial charge in [0.2, 0.25) is 0 Å². The SMILES string of the molecule is CCCCCS(=O)(=O)C1CCC(NCC)C1. The molecule has 4 heteroatoms. The molecule has 3 nitrogen and oxygen atoms in total. The summed E-state index contributed by atoms with van der Waals surface area (Å²) in [5.74, 6) is 0.393. The topological polar surface area (TPSA) is 46.2 Å². The largest absolute Gasteiger partial charge is 0.314 e. The van der Waals surface area contributed by atoms with Gasteiger partial charge in [-0.1, -0.05) is 26.7 Å². The van der Waals surface area contributed by atoms with Crippen LogP contribution in [0.4, 0.5) is 0 Å². The van der Waals surface area contributed by atoms with E-state index < -0.39 is 9.84 Å². The molecule has 1 N–H and O–H groups in total. The van der Waals surface area contributed by atoms with Crippen LogP contribution in [0.2, 0.25) is 0 Å². The molecule has 0 heterocycles. The van der Waals surface area contributed by atoms with Crippen molar-refractivity contribution >= 4 is 9.84 Å². The fourth-order valence-corrected chi connectivity index (χ4v) is 4.42. The van der Waals surface area contributed by atoms with Crippen molar-refractivity contribution in [2.45, 2.75) is 63.7 Å². The summed E-state index contributed by atoms with van der Waals surface area (Å²) in [6, 6.07) is 0.427. The first-order chi connectivity index (χ1) is 7.60. The summed E-state index contributed by atoms with van der Waals surface area (Å²) in [5, 5.41) is 3.27. The summed E-state index contributed by atoms with van der Waals surface area (Å²) < 4.78 is 24.1. The van der Waals surface area contributed by atoms with E-state index in [1.165, 1.54) is 0 Å². The van der Waals surface area contributed by atoms with Gasteiger partial charge in [0.25, 0.3) is 0 Å². The highest BCUT2D eigenvalue weighted by Gasteiger charge is 2.33. The van der Waals surface area contributed by atoms with Crippen LogP contribution in [0.15, 0.2) is 0 Å². The molecule has 1 aliphatic carbocycles. The smallest absolute Gasteiger partial charge is 0.153 e. The van der Waals surface area contributed by atoms with Crippen LogP contribution in [0.1, 0.15) is 52.4 Å². The second kappa shape index (κ2) is 6.60. The van der Waals surface area contributed by atoms with E-state index in [2.05, 4.69) is 19.2 Å². The second-order valence-corrected chi connectivity index (χ2v) is 7.16. The number of nitrogens with one attached hydrogen (secondary N) is 1. The number of hydrogen-bond donors (Lipinski definition) is 1. The van der Waals surface area contributed by atoms with Crippen molar-refractivity contribution in [3.63, 3.8) is 0 Å². The number of unbranched alkanes of at least 4 members (excludes halogenated alkanes) is 2. The molecule has 0 bridgehead atoms. The lowest BCUT2D eigenvalue weighted by molar-refractivity contribution is 0.536. The minimum absolute atomic E-state index is 0.0755. The van der Waals surface area contributed by atoms with E-state index in [0.29, 0.717) is 11.8 Å². The van der Waals surface area contributed by atoms with E-state index in [-0.39, 0.29) is 5.25 Å². The predicted octanol–water partition coefficient (Wildman–Crippen LogP) is 2.12. The lowest BCUT2D eigenvalue weighted by Crippen LogP contribution is -2.28. The quantitative estimate of drug-likeness (QED) is 0.701. The van der Waals surface area contributed by atoms with E-state index in [1.807, 2.05) is 0 Å². The highest BCUT2D eigenvalue weighted by Crippen LogP contribution is 2.26. The van der Waals surface area contributed by atoms with E-state index >= 15 is 0 Å². The molecule has 0 aromatic carbocycles. The van der Waals surface area contributed by atoms with Gasteiger partial charge in [0.1, 0.15) is 0 Å². The van der Waals surface area contributed by atoms with Gasteiger partial charge < -0.3 is 5.32 Å². The van der Waals surface area contributed by atoms with Gasteiger partial charge in [-0.25, -0.2) is 8.42 Å². The fraction of sp³-hybridized carbons (Fsp3) is 1.00. The summed E-state index contributed by atoms with van der Waals surface area (Å²) >= 11 is 0. The molecule has 96 valence electrons. The molecule has 2 unspecified atom stereocenters. The number of rotatable bonds is 7.